The van der Waals surface area contributed by atoms with Crippen LogP contribution in [0.25, 0.3) is 11.0 Å². The molecule has 0 aliphatic rings. The molecule has 0 atom stereocenters. The Labute approximate surface area is 156 Å². The number of carboxylic acids is 1. The summed E-state index contributed by atoms with van der Waals surface area (Å²) >= 11 is 0. The van der Waals surface area contributed by atoms with Crippen LogP contribution in [0.4, 0.5) is 11.5 Å². The zero-order valence-corrected chi connectivity index (χ0v) is 15.2. The van der Waals surface area contributed by atoms with Crippen molar-refractivity contribution in [2.24, 2.45) is 0 Å². The Kier molecular flexibility index (Phi) is 5.03. The highest BCUT2D eigenvalue weighted by Gasteiger charge is 2.20. The number of fused-ring (bicyclic) bond motifs is 1. The molecule has 7 heteroatoms. The van der Waals surface area contributed by atoms with E-state index in [-0.39, 0.29) is 23.7 Å². The van der Waals surface area contributed by atoms with Crippen LogP contribution in [0.2, 0.25) is 0 Å². The Balaban J connectivity index is 2.16. The first-order valence-corrected chi connectivity index (χ1v) is 8.46. The second-order valence-electron chi connectivity index (χ2n) is 6.04. The van der Waals surface area contributed by atoms with Gasteiger partial charge >= 0.3 is 11.9 Å². The fourth-order valence-corrected chi connectivity index (χ4v) is 2.65. The first-order chi connectivity index (χ1) is 12.9. The third kappa shape index (κ3) is 3.72. The van der Waals surface area contributed by atoms with Gasteiger partial charge in [0.05, 0.1) is 28.9 Å². The number of nitrogens with one attached hydrogen (secondary N) is 1. The van der Waals surface area contributed by atoms with Gasteiger partial charge in [-0.2, -0.15) is 0 Å². The summed E-state index contributed by atoms with van der Waals surface area (Å²) < 4.78 is 5.08. The van der Waals surface area contributed by atoms with Crippen molar-refractivity contribution in [2.45, 2.75) is 20.8 Å². The fourth-order valence-electron chi connectivity index (χ4n) is 2.65. The number of hydrogen-bond donors (Lipinski definition) is 2. The lowest BCUT2D eigenvalue weighted by Crippen LogP contribution is -2.13. The van der Waals surface area contributed by atoms with Crippen LogP contribution in [0.15, 0.2) is 36.4 Å². The average Bonchev–Trinajstić information content (AvgIpc) is 2.64. The van der Waals surface area contributed by atoms with Crippen LogP contribution in [0.1, 0.15) is 38.9 Å². The van der Waals surface area contributed by atoms with Gasteiger partial charge in [0, 0.05) is 0 Å². The summed E-state index contributed by atoms with van der Waals surface area (Å²) in [6, 6.07) is 10.4. The quantitative estimate of drug-likeness (QED) is 0.662. The Morgan fingerprint density at radius 1 is 1.07 bits per heavy atom. The standard InChI is InChI=1S/C20H19N3O4/c1-4-27-20(26)17-18(22-15-8-6-5-7-14(15)21-17)23-16-10-12(3)11(2)9-13(16)19(24)25/h5-10H,4H2,1-3H3,(H,22,23)(H,24,25). The highest BCUT2D eigenvalue weighted by atomic mass is 16.5. The minimum absolute atomic E-state index is 0.00474. The van der Waals surface area contributed by atoms with Gasteiger partial charge < -0.3 is 15.2 Å². The van der Waals surface area contributed by atoms with Gasteiger partial charge in [-0.25, -0.2) is 19.6 Å². The average molecular weight is 365 g/mol. The lowest BCUT2D eigenvalue weighted by molar-refractivity contribution is 0.0520. The lowest BCUT2D eigenvalue weighted by Gasteiger charge is -2.14. The number of ether oxygens (including phenoxy) is 1. The number of aromatic nitrogens is 2. The number of rotatable bonds is 5. The smallest absolute Gasteiger partial charge is 0.360 e. The number of benzene rings is 2. The summed E-state index contributed by atoms with van der Waals surface area (Å²) in [6.45, 7) is 5.61. The molecule has 0 saturated heterocycles. The number of hydrogen-bond acceptors (Lipinski definition) is 6. The number of carboxylic acid groups (broad SMARTS) is 1. The molecular weight excluding hydrogens is 346 g/mol. The van der Waals surface area contributed by atoms with Crippen LogP contribution in [0.3, 0.4) is 0 Å². The van der Waals surface area contributed by atoms with Crippen LogP contribution < -0.4 is 5.32 Å². The summed E-state index contributed by atoms with van der Waals surface area (Å²) in [5.41, 5.74) is 3.31. The van der Waals surface area contributed by atoms with Crippen LogP contribution >= 0.6 is 0 Å². The molecule has 0 fully saturated rings. The van der Waals surface area contributed by atoms with Gasteiger partial charge in [0.15, 0.2) is 11.5 Å². The van der Waals surface area contributed by atoms with Crippen LogP contribution in [-0.4, -0.2) is 33.6 Å². The van der Waals surface area contributed by atoms with Crippen LogP contribution in [-0.2, 0) is 4.74 Å². The fraction of sp³-hybridized carbons (Fsp3) is 0.200. The number of para-hydroxylation sites is 2. The largest absolute Gasteiger partial charge is 0.478 e. The Hall–Kier alpha value is -3.48. The Morgan fingerprint density at radius 2 is 1.70 bits per heavy atom. The molecule has 3 aromatic rings. The van der Waals surface area contributed by atoms with Gasteiger partial charge in [-0.05, 0) is 56.2 Å². The summed E-state index contributed by atoms with van der Waals surface area (Å²) in [7, 11) is 0. The number of nitrogens with zero attached hydrogens (tertiary/aromatic N) is 2. The molecule has 0 amide bonds. The molecule has 138 valence electrons. The molecule has 2 aromatic carbocycles. The van der Waals surface area contributed by atoms with Crippen molar-refractivity contribution < 1.29 is 19.4 Å². The third-order valence-corrected chi connectivity index (χ3v) is 4.16. The van der Waals surface area contributed by atoms with Crippen LogP contribution in [0.5, 0.6) is 0 Å². The van der Waals surface area contributed by atoms with E-state index in [0.717, 1.165) is 11.1 Å². The molecule has 0 aliphatic heterocycles. The van der Waals surface area contributed by atoms with Crippen molar-refractivity contribution in [3.63, 3.8) is 0 Å². The molecule has 0 spiro atoms. The summed E-state index contributed by atoms with van der Waals surface area (Å²) in [5, 5.41) is 12.5. The molecular formula is C20H19N3O4. The van der Waals surface area contributed by atoms with Gasteiger partial charge in [0.1, 0.15) is 0 Å². The number of esters is 1. The SMILES string of the molecule is CCOC(=O)c1nc2ccccc2nc1Nc1cc(C)c(C)cc1C(=O)O. The van der Waals surface area contributed by atoms with E-state index in [4.69, 9.17) is 4.74 Å². The maximum Gasteiger partial charge on any atom is 0.360 e. The number of carbonyl (C=O) groups excluding carboxylic acids is 1. The number of aryl methyl sites for hydroxylation is 2. The maximum absolute atomic E-state index is 12.4. The number of anilines is 2. The lowest BCUT2D eigenvalue weighted by atomic mass is 10.0. The Bertz CT molecular complexity index is 1050. The number of carbonyl (C=O) groups is 2. The minimum atomic E-state index is -1.08. The Morgan fingerprint density at radius 3 is 2.33 bits per heavy atom. The predicted molar refractivity (Wildman–Crippen MR) is 102 cm³/mol. The molecule has 2 N–H and O–H groups in total. The van der Waals surface area contributed by atoms with E-state index < -0.39 is 11.9 Å². The van der Waals surface area contributed by atoms with E-state index >= 15 is 0 Å². The molecule has 3 rings (SSSR count). The van der Waals surface area contributed by atoms with Crippen molar-refractivity contribution in [3.05, 3.63) is 58.8 Å². The highest BCUT2D eigenvalue weighted by Crippen LogP contribution is 2.27. The van der Waals surface area contributed by atoms with Gasteiger partial charge in [0.2, 0.25) is 0 Å². The monoisotopic (exact) mass is 365 g/mol. The van der Waals surface area contributed by atoms with E-state index in [1.165, 1.54) is 0 Å². The van der Waals surface area contributed by atoms with Gasteiger partial charge in [-0.1, -0.05) is 12.1 Å². The van der Waals surface area contributed by atoms with E-state index in [0.29, 0.717) is 16.7 Å². The molecule has 0 unspecified atom stereocenters. The predicted octanol–water partition coefficient (Wildman–Crippen LogP) is 3.87. The molecule has 0 bridgehead atoms. The maximum atomic E-state index is 12.4. The minimum Gasteiger partial charge on any atom is -0.478 e. The molecule has 0 saturated carbocycles. The van der Waals surface area contributed by atoms with Crippen LogP contribution in [0, 0.1) is 13.8 Å². The first kappa shape index (κ1) is 18.3. The zero-order valence-electron chi connectivity index (χ0n) is 15.2. The van der Waals surface area contributed by atoms with Gasteiger partial charge in [-0.3, -0.25) is 0 Å². The van der Waals surface area contributed by atoms with Crippen molar-refractivity contribution >= 4 is 34.5 Å². The normalized spacial score (nSPS) is 10.6. The zero-order chi connectivity index (χ0) is 19.6. The molecule has 1 heterocycles. The summed E-state index contributed by atoms with van der Waals surface area (Å²) in [5.74, 6) is -1.55. The summed E-state index contributed by atoms with van der Waals surface area (Å²) in [4.78, 5) is 32.8. The number of aromatic carboxylic acids is 1. The van der Waals surface area contributed by atoms with Gasteiger partial charge in [0.25, 0.3) is 0 Å². The summed E-state index contributed by atoms with van der Waals surface area (Å²) in [6.07, 6.45) is 0. The molecule has 1 aromatic heterocycles. The van der Waals surface area contributed by atoms with Crippen molar-refractivity contribution in [2.75, 3.05) is 11.9 Å². The van der Waals surface area contributed by atoms with Crippen molar-refractivity contribution in [1.29, 1.82) is 0 Å². The second-order valence-corrected chi connectivity index (χ2v) is 6.04. The topological polar surface area (TPSA) is 101 Å². The van der Waals surface area contributed by atoms with Crippen molar-refractivity contribution in [3.8, 4) is 0 Å². The van der Waals surface area contributed by atoms with E-state index in [1.807, 2.05) is 19.9 Å². The first-order valence-electron chi connectivity index (χ1n) is 8.46. The van der Waals surface area contributed by atoms with E-state index in [9.17, 15) is 14.7 Å². The van der Waals surface area contributed by atoms with E-state index in [1.54, 1.807) is 37.3 Å². The molecule has 27 heavy (non-hydrogen) atoms. The molecule has 7 nitrogen and oxygen atoms in total. The highest BCUT2D eigenvalue weighted by molar-refractivity contribution is 5.99. The van der Waals surface area contributed by atoms with Crippen molar-refractivity contribution in [1.82, 2.24) is 9.97 Å². The van der Waals surface area contributed by atoms with E-state index in [2.05, 4.69) is 15.3 Å². The molecule has 0 radical (unpaired) electrons. The second kappa shape index (κ2) is 7.41. The van der Waals surface area contributed by atoms with Gasteiger partial charge in [-0.15, -0.1) is 0 Å². The molecule has 0 aliphatic carbocycles. The third-order valence-electron chi connectivity index (χ3n) is 4.16.